The molecule has 0 bridgehead atoms. The van der Waals surface area contributed by atoms with Crippen LogP contribution in [-0.4, -0.2) is 22.2 Å². The van der Waals surface area contributed by atoms with E-state index in [1.54, 1.807) is 0 Å². The van der Waals surface area contributed by atoms with Gasteiger partial charge in [0.25, 0.3) is 0 Å². The molecule has 0 saturated carbocycles. The Morgan fingerprint density at radius 1 is 1.24 bits per heavy atom. The predicted molar refractivity (Wildman–Crippen MR) is 103 cm³/mol. The number of unbranched alkanes of at least 4 members (excludes halogenated alkanes) is 1. The van der Waals surface area contributed by atoms with Gasteiger partial charge in [-0.25, -0.2) is 0 Å². The second-order valence-corrected chi connectivity index (χ2v) is 6.71. The van der Waals surface area contributed by atoms with Crippen LogP contribution in [0.3, 0.4) is 0 Å². The molecule has 0 unspecified atom stereocenters. The number of halogens is 1. The van der Waals surface area contributed by atoms with Crippen molar-refractivity contribution in [1.82, 2.24) is 15.1 Å². The van der Waals surface area contributed by atoms with Crippen LogP contribution in [0.4, 0.5) is 5.69 Å². The number of para-hydroxylation sites is 1. The number of hydrogen-bond donors (Lipinski definition) is 2. The second kappa shape index (κ2) is 9.02. The van der Waals surface area contributed by atoms with Crippen molar-refractivity contribution in [3.8, 4) is 0 Å². The summed E-state index contributed by atoms with van der Waals surface area (Å²) in [6, 6.07) is 5.97. The molecule has 5 nitrogen and oxygen atoms in total. The summed E-state index contributed by atoms with van der Waals surface area (Å²) >= 11 is 6.41. The van der Waals surface area contributed by atoms with E-state index in [1.807, 2.05) is 43.7 Å². The maximum Gasteiger partial charge on any atom is 0.238 e. The Morgan fingerprint density at radius 2 is 1.92 bits per heavy atom. The van der Waals surface area contributed by atoms with Gasteiger partial charge in [-0.3, -0.25) is 9.48 Å². The molecule has 0 aliphatic carbocycles. The molecule has 1 aromatic heterocycles. The van der Waals surface area contributed by atoms with Crippen LogP contribution in [0.15, 0.2) is 18.2 Å². The molecular formula is C19H27ClN4O. The van der Waals surface area contributed by atoms with Gasteiger partial charge in [0.05, 0.1) is 12.2 Å². The van der Waals surface area contributed by atoms with Crippen LogP contribution >= 0.6 is 11.6 Å². The van der Waals surface area contributed by atoms with Gasteiger partial charge < -0.3 is 10.6 Å². The summed E-state index contributed by atoms with van der Waals surface area (Å²) in [5.41, 5.74) is 4.87. The quantitative estimate of drug-likeness (QED) is 0.746. The van der Waals surface area contributed by atoms with E-state index < -0.39 is 0 Å². The summed E-state index contributed by atoms with van der Waals surface area (Å²) in [6.07, 6.45) is 2.15. The fourth-order valence-corrected chi connectivity index (χ4v) is 3.07. The zero-order chi connectivity index (χ0) is 18.4. The number of carbonyl (C=O) groups is 1. The molecule has 0 spiro atoms. The van der Waals surface area contributed by atoms with Crippen LogP contribution in [-0.2, 0) is 17.9 Å². The highest BCUT2D eigenvalue weighted by Gasteiger charge is 2.13. The van der Waals surface area contributed by atoms with Crippen LogP contribution in [0, 0.1) is 20.8 Å². The summed E-state index contributed by atoms with van der Waals surface area (Å²) in [7, 11) is 0. The Balaban J connectivity index is 1.90. The summed E-state index contributed by atoms with van der Waals surface area (Å²) in [5, 5.41) is 11.3. The Morgan fingerprint density at radius 3 is 2.56 bits per heavy atom. The topological polar surface area (TPSA) is 59.0 Å². The third kappa shape index (κ3) is 5.06. The van der Waals surface area contributed by atoms with E-state index in [1.165, 1.54) is 0 Å². The molecule has 2 aromatic rings. The van der Waals surface area contributed by atoms with Crippen molar-refractivity contribution < 1.29 is 4.79 Å². The van der Waals surface area contributed by atoms with Crippen LogP contribution in [0.25, 0.3) is 0 Å². The van der Waals surface area contributed by atoms with Crippen LogP contribution in [0.1, 0.15) is 42.1 Å². The summed E-state index contributed by atoms with van der Waals surface area (Å²) < 4.78 is 1.84. The van der Waals surface area contributed by atoms with Crippen molar-refractivity contribution in [2.45, 2.75) is 53.6 Å². The first-order valence-corrected chi connectivity index (χ1v) is 9.10. The number of hydrogen-bond acceptors (Lipinski definition) is 3. The SMILES string of the molecule is CCCCn1nc(C)c(CNCC(=O)Nc2c(C)cccc2C)c1Cl. The fraction of sp³-hybridized carbons (Fsp3) is 0.474. The van der Waals surface area contributed by atoms with Gasteiger partial charge in [-0.05, 0) is 38.3 Å². The standard InChI is InChI=1S/C19H27ClN4O/c1-5-6-10-24-19(20)16(15(4)23-24)11-21-12-17(25)22-18-13(2)8-7-9-14(18)3/h7-9,21H,5-6,10-12H2,1-4H3,(H,22,25). The minimum Gasteiger partial charge on any atom is -0.324 e. The largest absolute Gasteiger partial charge is 0.324 e. The van der Waals surface area contributed by atoms with E-state index in [-0.39, 0.29) is 12.5 Å². The number of aromatic nitrogens is 2. The van der Waals surface area contributed by atoms with Gasteiger partial charge in [-0.1, -0.05) is 43.1 Å². The number of aryl methyl sites for hydroxylation is 4. The normalized spacial score (nSPS) is 10.9. The second-order valence-electron chi connectivity index (χ2n) is 6.35. The molecule has 25 heavy (non-hydrogen) atoms. The van der Waals surface area contributed by atoms with Crippen LogP contribution < -0.4 is 10.6 Å². The van der Waals surface area contributed by atoms with Crippen molar-refractivity contribution in [2.24, 2.45) is 0 Å². The number of amides is 1. The highest BCUT2D eigenvalue weighted by atomic mass is 35.5. The van der Waals surface area contributed by atoms with E-state index in [9.17, 15) is 4.79 Å². The molecule has 6 heteroatoms. The molecule has 1 heterocycles. The van der Waals surface area contributed by atoms with E-state index in [4.69, 9.17) is 11.6 Å². The highest BCUT2D eigenvalue weighted by Crippen LogP contribution is 2.21. The van der Waals surface area contributed by atoms with E-state index in [0.29, 0.717) is 11.7 Å². The smallest absolute Gasteiger partial charge is 0.238 e. The molecule has 0 fully saturated rings. The molecule has 1 aromatic carbocycles. The van der Waals surface area contributed by atoms with Crippen molar-refractivity contribution >= 4 is 23.2 Å². The first-order chi connectivity index (χ1) is 11.9. The number of carbonyl (C=O) groups excluding carboxylic acids is 1. The summed E-state index contributed by atoms with van der Waals surface area (Å²) in [5.74, 6) is -0.0652. The first kappa shape index (κ1) is 19.5. The lowest BCUT2D eigenvalue weighted by Crippen LogP contribution is -2.28. The summed E-state index contributed by atoms with van der Waals surface area (Å²) in [4.78, 5) is 12.2. The van der Waals surface area contributed by atoms with Crippen molar-refractivity contribution in [3.05, 3.63) is 45.7 Å². The van der Waals surface area contributed by atoms with Crippen LogP contribution in [0.5, 0.6) is 0 Å². The lowest BCUT2D eigenvalue weighted by Gasteiger charge is -2.12. The Bertz CT molecular complexity index is 719. The first-order valence-electron chi connectivity index (χ1n) is 8.72. The van der Waals surface area contributed by atoms with Gasteiger partial charge in [-0.2, -0.15) is 5.10 Å². The number of nitrogens with one attached hydrogen (secondary N) is 2. The zero-order valence-electron chi connectivity index (χ0n) is 15.4. The molecular weight excluding hydrogens is 336 g/mol. The molecule has 0 aliphatic heterocycles. The van der Waals surface area contributed by atoms with Gasteiger partial charge in [0.1, 0.15) is 5.15 Å². The average Bonchev–Trinajstić information content (AvgIpc) is 2.84. The van der Waals surface area contributed by atoms with Gasteiger partial charge in [0.15, 0.2) is 0 Å². The lowest BCUT2D eigenvalue weighted by atomic mass is 10.1. The van der Waals surface area contributed by atoms with Crippen molar-refractivity contribution in [1.29, 1.82) is 0 Å². The maximum absolute atomic E-state index is 12.2. The molecule has 0 radical (unpaired) electrons. The third-order valence-corrected chi connectivity index (χ3v) is 4.66. The van der Waals surface area contributed by atoms with Crippen molar-refractivity contribution in [2.75, 3.05) is 11.9 Å². The number of benzene rings is 1. The third-order valence-electron chi connectivity index (χ3n) is 4.24. The molecule has 2 N–H and O–H groups in total. The number of anilines is 1. The van der Waals surface area contributed by atoms with Crippen LogP contribution in [0.2, 0.25) is 5.15 Å². The van der Waals surface area contributed by atoms with Gasteiger partial charge in [-0.15, -0.1) is 0 Å². The molecule has 136 valence electrons. The minimum absolute atomic E-state index is 0.0652. The monoisotopic (exact) mass is 362 g/mol. The van der Waals surface area contributed by atoms with Gasteiger partial charge >= 0.3 is 0 Å². The Kier molecular flexibility index (Phi) is 7.02. The van der Waals surface area contributed by atoms with E-state index in [2.05, 4.69) is 22.7 Å². The zero-order valence-corrected chi connectivity index (χ0v) is 16.2. The highest BCUT2D eigenvalue weighted by molar-refractivity contribution is 6.30. The van der Waals surface area contributed by atoms with E-state index >= 15 is 0 Å². The summed E-state index contributed by atoms with van der Waals surface area (Å²) in [6.45, 7) is 9.64. The average molecular weight is 363 g/mol. The Hall–Kier alpha value is -1.85. The minimum atomic E-state index is -0.0652. The van der Waals surface area contributed by atoms with E-state index in [0.717, 1.165) is 47.5 Å². The van der Waals surface area contributed by atoms with Crippen molar-refractivity contribution in [3.63, 3.8) is 0 Å². The molecule has 0 aliphatic rings. The van der Waals surface area contributed by atoms with Gasteiger partial charge in [0.2, 0.25) is 5.91 Å². The molecule has 0 saturated heterocycles. The number of nitrogens with zero attached hydrogens (tertiary/aromatic N) is 2. The molecule has 2 rings (SSSR count). The fourth-order valence-electron chi connectivity index (χ4n) is 2.74. The predicted octanol–water partition coefficient (Wildman–Crippen LogP) is 3.99. The molecule has 1 amide bonds. The number of rotatable bonds is 8. The van der Waals surface area contributed by atoms with Gasteiger partial charge in [0, 0.05) is 24.3 Å². The maximum atomic E-state index is 12.2. The Labute approximate surface area is 154 Å². The lowest BCUT2D eigenvalue weighted by molar-refractivity contribution is -0.115. The molecule has 0 atom stereocenters.